The molecule has 3 aromatic rings. The van der Waals surface area contributed by atoms with Crippen molar-refractivity contribution in [1.29, 1.82) is 0 Å². The van der Waals surface area contributed by atoms with Gasteiger partial charge in [-0.3, -0.25) is 4.79 Å². The van der Waals surface area contributed by atoms with Gasteiger partial charge in [-0.25, -0.2) is 4.39 Å². The number of ether oxygens (including phenoxy) is 1. The lowest BCUT2D eigenvalue weighted by Crippen LogP contribution is -2.28. The molecule has 0 spiro atoms. The van der Waals surface area contributed by atoms with Gasteiger partial charge in [0.25, 0.3) is 5.91 Å². The molecule has 1 aromatic heterocycles. The molecular weight excluding hydrogens is 323 g/mol. The third-order valence-electron chi connectivity index (χ3n) is 4.16. The van der Waals surface area contributed by atoms with Crippen molar-refractivity contribution >= 4 is 16.8 Å². The number of methoxy groups -OCH3 is 1. The summed E-state index contributed by atoms with van der Waals surface area (Å²) in [5.41, 5.74) is 1.94. The number of nitrogens with one attached hydrogen (secondary N) is 1. The average molecular weight is 342 g/mol. The lowest BCUT2D eigenvalue weighted by molar-refractivity contribution is 0.0916. The molecule has 0 aliphatic rings. The Kier molecular flexibility index (Phi) is 4.72. The summed E-state index contributed by atoms with van der Waals surface area (Å²) >= 11 is 0. The largest absolute Gasteiger partial charge is 0.494 e. The van der Waals surface area contributed by atoms with Gasteiger partial charge in [0.2, 0.25) is 0 Å². The van der Waals surface area contributed by atoms with Crippen molar-refractivity contribution in [3.05, 3.63) is 65.6 Å². The van der Waals surface area contributed by atoms with Gasteiger partial charge in [0.1, 0.15) is 0 Å². The van der Waals surface area contributed by atoms with Gasteiger partial charge in [-0.05, 0) is 47.3 Å². The molecule has 2 N–H and O–H groups in total. The highest BCUT2D eigenvalue weighted by Gasteiger charge is 2.13. The molecule has 0 radical (unpaired) electrons. The van der Waals surface area contributed by atoms with Gasteiger partial charge in [-0.15, -0.1) is 0 Å². The van der Waals surface area contributed by atoms with Crippen LogP contribution in [0.4, 0.5) is 4.39 Å². The molecule has 0 aliphatic heterocycles. The van der Waals surface area contributed by atoms with E-state index in [4.69, 9.17) is 4.74 Å². The van der Waals surface area contributed by atoms with E-state index in [0.717, 1.165) is 17.0 Å². The molecule has 1 amide bonds. The Morgan fingerprint density at radius 1 is 1.28 bits per heavy atom. The van der Waals surface area contributed by atoms with E-state index in [2.05, 4.69) is 5.32 Å². The summed E-state index contributed by atoms with van der Waals surface area (Å²) in [7, 11) is 3.31. The number of aliphatic hydroxyl groups excluding tert-OH is 1. The number of nitrogens with zero attached hydrogens (tertiary/aromatic N) is 1. The Hall–Kier alpha value is -2.86. The highest BCUT2D eigenvalue weighted by molar-refractivity contribution is 5.94. The minimum Gasteiger partial charge on any atom is -0.494 e. The number of carbonyl (C=O) groups is 1. The minimum atomic E-state index is -0.850. The van der Waals surface area contributed by atoms with Crippen molar-refractivity contribution in [2.75, 3.05) is 13.7 Å². The fourth-order valence-corrected chi connectivity index (χ4v) is 2.72. The second kappa shape index (κ2) is 6.94. The first-order valence-electron chi connectivity index (χ1n) is 7.84. The molecule has 0 saturated heterocycles. The molecule has 3 rings (SSSR count). The SMILES string of the molecule is COc1ccc(C(=O)NCC(O)c2ccc3c(ccn3C)c2)cc1F. The fraction of sp³-hybridized carbons (Fsp3) is 0.211. The van der Waals surface area contributed by atoms with E-state index in [-0.39, 0.29) is 17.9 Å². The molecule has 0 saturated carbocycles. The van der Waals surface area contributed by atoms with E-state index in [1.807, 2.05) is 42.1 Å². The molecular formula is C19H19FN2O3. The van der Waals surface area contributed by atoms with E-state index in [0.29, 0.717) is 5.56 Å². The van der Waals surface area contributed by atoms with Gasteiger partial charge in [0.05, 0.1) is 13.2 Å². The number of benzene rings is 2. The van der Waals surface area contributed by atoms with E-state index in [1.54, 1.807) is 0 Å². The number of hydrogen-bond acceptors (Lipinski definition) is 3. The average Bonchev–Trinajstić information content (AvgIpc) is 2.99. The lowest BCUT2D eigenvalue weighted by atomic mass is 10.1. The highest BCUT2D eigenvalue weighted by Crippen LogP contribution is 2.21. The number of carbonyl (C=O) groups excluding carboxylic acids is 1. The summed E-state index contributed by atoms with van der Waals surface area (Å²) < 4.78 is 20.5. The fourth-order valence-electron chi connectivity index (χ4n) is 2.72. The van der Waals surface area contributed by atoms with Gasteiger partial charge < -0.3 is 19.7 Å². The van der Waals surface area contributed by atoms with Crippen molar-refractivity contribution in [1.82, 2.24) is 9.88 Å². The zero-order chi connectivity index (χ0) is 18.0. The number of hydrogen-bond donors (Lipinski definition) is 2. The zero-order valence-electron chi connectivity index (χ0n) is 14.0. The molecule has 1 unspecified atom stereocenters. The normalized spacial score (nSPS) is 12.2. The number of aromatic nitrogens is 1. The summed E-state index contributed by atoms with van der Waals surface area (Å²) in [6, 6.07) is 11.6. The predicted octanol–water partition coefficient (Wildman–Crippen LogP) is 2.79. The van der Waals surface area contributed by atoms with Crippen LogP contribution in [0.2, 0.25) is 0 Å². The Bertz CT molecular complexity index is 920. The quantitative estimate of drug-likeness (QED) is 0.749. The maximum absolute atomic E-state index is 13.7. The van der Waals surface area contributed by atoms with Crippen LogP contribution in [0.25, 0.3) is 10.9 Å². The molecule has 1 atom stereocenters. The number of halogens is 1. The Morgan fingerprint density at radius 3 is 2.80 bits per heavy atom. The van der Waals surface area contributed by atoms with E-state index in [9.17, 15) is 14.3 Å². The summed E-state index contributed by atoms with van der Waals surface area (Å²) in [6.07, 6.45) is 1.09. The molecule has 2 aromatic carbocycles. The van der Waals surface area contributed by atoms with Crippen LogP contribution in [0, 0.1) is 5.82 Å². The Morgan fingerprint density at radius 2 is 2.08 bits per heavy atom. The monoisotopic (exact) mass is 342 g/mol. The summed E-state index contributed by atoms with van der Waals surface area (Å²) in [4.78, 5) is 12.1. The first-order chi connectivity index (χ1) is 12.0. The van der Waals surface area contributed by atoms with Gasteiger partial charge in [0.15, 0.2) is 11.6 Å². The van der Waals surface area contributed by atoms with Gasteiger partial charge in [-0.1, -0.05) is 6.07 Å². The molecule has 0 bridgehead atoms. The van der Waals surface area contributed by atoms with Crippen LogP contribution in [-0.4, -0.2) is 29.2 Å². The molecule has 6 heteroatoms. The van der Waals surface area contributed by atoms with Crippen molar-refractivity contribution in [2.45, 2.75) is 6.10 Å². The smallest absolute Gasteiger partial charge is 0.251 e. The number of aryl methyl sites for hydroxylation is 1. The molecule has 0 fully saturated rings. The third-order valence-corrected chi connectivity index (χ3v) is 4.16. The molecule has 5 nitrogen and oxygen atoms in total. The first kappa shape index (κ1) is 17.0. The van der Waals surface area contributed by atoms with E-state index >= 15 is 0 Å². The maximum Gasteiger partial charge on any atom is 0.251 e. The van der Waals surface area contributed by atoms with Gasteiger partial charge in [0, 0.05) is 30.9 Å². The van der Waals surface area contributed by atoms with Crippen LogP contribution < -0.4 is 10.1 Å². The molecule has 0 aliphatic carbocycles. The minimum absolute atomic E-state index is 0.0326. The second-order valence-electron chi connectivity index (χ2n) is 5.82. The Labute approximate surface area is 144 Å². The standard InChI is InChI=1S/C19H19FN2O3/c1-22-8-7-12-9-13(3-5-16(12)22)17(23)11-21-19(24)14-4-6-18(25-2)15(20)10-14/h3-10,17,23H,11H2,1-2H3,(H,21,24). The van der Waals surface area contributed by atoms with Crippen LogP contribution in [0.5, 0.6) is 5.75 Å². The lowest BCUT2D eigenvalue weighted by Gasteiger charge is -2.13. The predicted molar refractivity (Wildman–Crippen MR) is 93.2 cm³/mol. The van der Waals surface area contributed by atoms with Crippen molar-refractivity contribution in [3.8, 4) is 5.75 Å². The van der Waals surface area contributed by atoms with E-state index < -0.39 is 17.8 Å². The summed E-state index contributed by atoms with van der Waals surface area (Å²) in [5.74, 6) is -0.987. The number of rotatable bonds is 5. The maximum atomic E-state index is 13.7. The third kappa shape index (κ3) is 3.49. The highest BCUT2D eigenvalue weighted by atomic mass is 19.1. The van der Waals surface area contributed by atoms with Gasteiger partial charge in [-0.2, -0.15) is 0 Å². The number of aliphatic hydroxyl groups is 1. The first-order valence-corrected chi connectivity index (χ1v) is 7.84. The zero-order valence-corrected chi connectivity index (χ0v) is 14.0. The summed E-state index contributed by atoms with van der Waals surface area (Å²) in [5, 5.41) is 13.9. The van der Waals surface area contributed by atoms with Crippen LogP contribution in [0.15, 0.2) is 48.7 Å². The summed E-state index contributed by atoms with van der Waals surface area (Å²) in [6.45, 7) is 0.0326. The van der Waals surface area contributed by atoms with Crippen LogP contribution in [0.1, 0.15) is 22.0 Å². The van der Waals surface area contributed by atoms with Crippen LogP contribution in [0.3, 0.4) is 0 Å². The van der Waals surface area contributed by atoms with Gasteiger partial charge >= 0.3 is 0 Å². The van der Waals surface area contributed by atoms with Crippen molar-refractivity contribution < 1.29 is 19.0 Å². The van der Waals surface area contributed by atoms with Crippen molar-refractivity contribution in [3.63, 3.8) is 0 Å². The topological polar surface area (TPSA) is 63.5 Å². The Balaban J connectivity index is 1.67. The van der Waals surface area contributed by atoms with E-state index in [1.165, 1.54) is 19.2 Å². The number of fused-ring (bicyclic) bond motifs is 1. The van der Waals surface area contributed by atoms with Crippen molar-refractivity contribution in [2.24, 2.45) is 7.05 Å². The second-order valence-corrected chi connectivity index (χ2v) is 5.82. The van der Waals surface area contributed by atoms with Crippen LogP contribution >= 0.6 is 0 Å². The molecule has 25 heavy (non-hydrogen) atoms. The van der Waals surface area contributed by atoms with Crippen LogP contribution in [-0.2, 0) is 7.05 Å². The molecule has 130 valence electrons. The molecule has 1 heterocycles. The number of amides is 1.